The van der Waals surface area contributed by atoms with Crippen LogP contribution in [0.3, 0.4) is 0 Å². The molecule has 1 saturated heterocycles. The number of carbonyl (C=O) groups is 2. The molecule has 1 fully saturated rings. The number of para-hydroxylation sites is 1. The van der Waals surface area contributed by atoms with E-state index in [1.807, 2.05) is 23.1 Å². The first-order chi connectivity index (χ1) is 10.2. The van der Waals surface area contributed by atoms with Crippen LogP contribution in [0.4, 0.5) is 10.5 Å². The van der Waals surface area contributed by atoms with Gasteiger partial charge in [-0.2, -0.15) is 0 Å². The van der Waals surface area contributed by atoms with Crippen molar-refractivity contribution in [1.29, 1.82) is 0 Å². The maximum atomic E-state index is 12.5. The third-order valence-electron chi connectivity index (χ3n) is 4.29. The summed E-state index contributed by atoms with van der Waals surface area (Å²) in [6.07, 6.45) is 1.41. The summed E-state index contributed by atoms with van der Waals surface area (Å²) in [6.45, 7) is 4.30. The maximum absolute atomic E-state index is 12.5. The lowest BCUT2D eigenvalue weighted by molar-refractivity contribution is -0.118. The summed E-state index contributed by atoms with van der Waals surface area (Å²) in [5.74, 6) is 1.47. The van der Waals surface area contributed by atoms with Gasteiger partial charge in [0.1, 0.15) is 0 Å². The van der Waals surface area contributed by atoms with Crippen molar-refractivity contribution in [3.05, 3.63) is 29.8 Å². The summed E-state index contributed by atoms with van der Waals surface area (Å²) < 4.78 is 0. The van der Waals surface area contributed by atoms with Gasteiger partial charge in [0, 0.05) is 37.5 Å². The molecule has 3 rings (SSSR count). The molecule has 0 N–H and O–H groups in total. The molecule has 112 valence electrons. The molecule has 2 aliphatic rings. The molecule has 2 heterocycles. The first kappa shape index (κ1) is 14.4. The van der Waals surface area contributed by atoms with Crippen molar-refractivity contribution in [2.24, 2.45) is 0 Å². The maximum Gasteiger partial charge on any atom is 0.281 e. The van der Waals surface area contributed by atoms with Gasteiger partial charge in [0.25, 0.3) is 5.24 Å². The van der Waals surface area contributed by atoms with E-state index in [-0.39, 0.29) is 11.1 Å². The lowest BCUT2D eigenvalue weighted by atomic mass is 9.91. The van der Waals surface area contributed by atoms with Crippen molar-refractivity contribution in [3.63, 3.8) is 0 Å². The van der Waals surface area contributed by atoms with Gasteiger partial charge in [-0.25, -0.2) is 0 Å². The number of thioether (sulfide) groups is 1. The van der Waals surface area contributed by atoms with E-state index in [1.54, 1.807) is 4.90 Å². The number of carbonyl (C=O) groups excluding carboxylic acids is 2. The molecule has 2 amide bonds. The number of fused-ring (bicyclic) bond motifs is 1. The van der Waals surface area contributed by atoms with E-state index in [0.717, 1.165) is 31.0 Å². The molecule has 0 saturated carbocycles. The summed E-state index contributed by atoms with van der Waals surface area (Å²) in [4.78, 5) is 27.8. The van der Waals surface area contributed by atoms with E-state index in [0.29, 0.717) is 18.9 Å². The predicted molar refractivity (Wildman–Crippen MR) is 85.9 cm³/mol. The average Bonchev–Trinajstić information content (AvgIpc) is 2.91. The fourth-order valence-electron chi connectivity index (χ4n) is 3.00. The lowest BCUT2D eigenvalue weighted by Crippen LogP contribution is -2.38. The van der Waals surface area contributed by atoms with Gasteiger partial charge in [-0.3, -0.25) is 9.59 Å². The highest BCUT2D eigenvalue weighted by molar-refractivity contribution is 8.13. The van der Waals surface area contributed by atoms with Crippen LogP contribution in [0.5, 0.6) is 0 Å². The van der Waals surface area contributed by atoms with E-state index >= 15 is 0 Å². The minimum atomic E-state index is 0.107. The van der Waals surface area contributed by atoms with Gasteiger partial charge < -0.3 is 9.80 Å². The highest BCUT2D eigenvalue weighted by Crippen LogP contribution is 2.35. The van der Waals surface area contributed by atoms with Crippen LogP contribution in [-0.4, -0.2) is 41.4 Å². The predicted octanol–water partition coefficient (Wildman–Crippen LogP) is 3.09. The second-order valence-corrected chi connectivity index (χ2v) is 6.69. The molecule has 0 bridgehead atoms. The molecule has 1 aromatic rings. The average molecular weight is 304 g/mol. The SMILES string of the molecule is C[C@H]1CCN(C(=O)CCN2CCSC2=O)c2ccccc21. The first-order valence-electron chi connectivity index (χ1n) is 7.48. The van der Waals surface area contributed by atoms with Crippen LogP contribution >= 0.6 is 11.8 Å². The largest absolute Gasteiger partial charge is 0.332 e. The Labute approximate surface area is 129 Å². The Hall–Kier alpha value is -1.49. The van der Waals surface area contributed by atoms with Crippen molar-refractivity contribution < 1.29 is 9.59 Å². The van der Waals surface area contributed by atoms with E-state index in [1.165, 1.54) is 17.3 Å². The molecule has 0 spiro atoms. The lowest BCUT2D eigenvalue weighted by Gasteiger charge is -2.33. The van der Waals surface area contributed by atoms with E-state index < -0.39 is 0 Å². The molecule has 4 nitrogen and oxygen atoms in total. The summed E-state index contributed by atoms with van der Waals surface area (Å²) >= 11 is 1.34. The normalized spacial score (nSPS) is 21.6. The third-order valence-corrected chi connectivity index (χ3v) is 5.18. The van der Waals surface area contributed by atoms with Gasteiger partial charge in [0.05, 0.1) is 0 Å². The first-order valence-corrected chi connectivity index (χ1v) is 8.46. The Morgan fingerprint density at radius 1 is 1.33 bits per heavy atom. The molecule has 5 heteroatoms. The fourth-order valence-corrected chi connectivity index (χ4v) is 3.85. The van der Waals surface area contributed by atoms with E-state index in [2.05, 4.69) is 13.0 Å². The zero-order chi connectivity index (χ0) is 14.8. The Morgan fingerprint density at radius 3 is 2.90 bits per heavy atom. The van der Waals surface area contributed by atoms with E-state index in [9.17, 15) is 9.59 Å². The molecule has 21 heavy (non-hydrogen) atoms. The number of hydrogen-bond acceptors (Lipinski definition) is 3. The van der Waals surface area contributed by atoms with Crippen molar-refractivity contribution in [3.8, 4) is 0 Å². The van der Waals surface area contributed by atoms with Gasteiger partial charge in [-0.05, 0) is 24.0 Å². The Bertz CT molecular complexity index is 561. The topological polar surface area (TPSA) is 40.6 Å². The third kappa shape index (κ3) is 2.93. The monoisotopic (exact) mass is 304 g/mol. The molecule has 1 aromatic carbocycles. The Kier molecular flexibility index (Phi) is 4.19. The number of benzene rings is 1. The molecular formula is C16H20N2O2S. The molecule has 0 aliphatic carbocycles. The molecule has 2 aliphatic heterocycles. The summed E-state index contributed by atoms with van der Waals surface area (Å²) in [6, 6.07) is 8.15. The van der Waals surface area contributed by atoms with Crippen molar-refractivity contribution >= 4 is 28.6 Å². The molecule has 1 atom stereocenters. The second kappa shape index (κ2) is 6.10. The highest BCUT2D eigenvalue weighted by atomic mass is 32.2. The number of rotatable bonds is 3. The zero-order valence-corrected chi connectivity index (χ0v) is 13.1. The second-order valence-electron chi connectivity index (χ2n) is 5.65. The fraction of sp³-hybridized carbons (Fsp3) is 0.500. The van der Waals surface area contributed by atoms with Crippen molar-refractivity contribution in [2.75, 3.05) is 30.3 Å². The minimum Gasteiger partial charge on any atom is -0.332 e. The van der Waals surface area contributed by atoms with Crippen molar-refractivity contribution in [2.45, 2.75) is 25.7 Å². The van der Waals surface area contributed by atoms with Gasteiger partial charge in [-0.1, -0.05) is 36.9 Å². The van der Waals surface area contributed by atoms with Gasteiger partial charge in [0.2, 0.25) is 5.91 Å². The Morgan fingerprint density at radius 2 is 2.14 bits per heavy atom. The van der Waals surface area contributed by atoms with Crippen LogP contribution in [-0.2, 0) is 4.79 Å². The molecular weight excluding hydrogens is 284 g/mol. The molecule has 0 unspecified atom stereocenters. The summed E-state index contributed by atoms with van der Waals surface area (Å²) in [5.41, 5.74) is 2.30. The standard InChI is InChI=1S/C16H20N2O2S/c1-12-6-9-18(14-5-3-2-4-13(12)14)15(19)7-8-17-10-11-21-16(17)20/h2-5,12H,6-11H2,1H3/t12-/m0/s1. The Balaban J connectivity index is 1.68. The van der Waals surface area contributed by atoms with Crippen LogP contribution in [0.1, 0.15) is 31.2 Å². The van der Waals surface area contributed by atoms with Crippen molar-refractivity contribution in [1.82, 2.24) is 4.90 Å². The molecule has 0 aromatic heterocycles. The number of nitrogens with zero attached hydrogens (tertiary/aromatic N) is 2. The van der Waals surface area contributed by atoms with Gasteiger partial charge >= 0.3 is 0 Å². The van der Waals surface area contributed by atoms with Gasteiger partial charge in [-0.15, -0.1) is 0 Å². The summed E-state index contributed by atoms with van der Waals surface area (Å²) in [5, 5.41) is 0.107. The quantitative estimate of drug-likeness (QED) is 0.861. The van der Waals surface area contributed by atoms with E-state index in [4.69, 9.17) is 0 Å². The molecule has 0 radical (unpaired) electrons. The minimum absolute atomic E-state index is 0.107. The summed E-state index contributed by atoms with van der Waals surface area (Å²) in [7, 11) is 0. The van der Waals surface area contributed by atoms with Crippen LogP contribution in [0, 0.1) is 0 Å². The smallest absolute Gasteiger partial charge is 0.281 e. The van der Waals surface area contributed by atoms with Crippen LogP contribution < -0.4 is 4.90 Å². The van der Waals surface area contributed by atoms with Gasteiger partial charge in [0.15, 0.2) is 0 Å². The highest BCUT2D eigenvalue weighted by Gasteiger charge is 2.27. The number of amides is 2. The van der Waals surface area contributed by atoms with Crippen LogP contribution in [0.15, 0.2) is 24.3 Å². The van der Waals surface area contributed by atoms with Crippen LogP contribution in [0.2, 0.25) is 0 Å². The zero-order valence-electron chi connectivity index (χ0n) is 12.2. The number of anilines is 1. The van der Waals surface area contributed by atoms with Crippen LogP contribution in [0.25, 0.3) is 0 Å². The number of hydrogen-bond donors (Lipinski definition) is 0.